The largest absolute Gasteiger partial charge is 0.385 e. The molecule has 0 saturated heterocycles. The Bertz CT molecular complexity index is 184. The van der Waals surface area contributed by atoms with Gasteiger partial charge >= 0.3 is 0 Å². The second-order valence-electron chi connectivity index (χ2n) is 3.29. The minimum absolute atomic E-state index is 0.489. The molecule has 0 aromatic carbocycles. The number of hydrogen-bond donors (Lipinski definition) is 1. The van der Waals surface area contributed by atoms with E-state index >= 15 is 0 Å². The van der Waals surface area contributed by atoms with E-state index < -0.39 is 24.8 Å². The van der Waals surface area contributed by atoms with Gasteiger partial charge in [-0.15, -0.1) is 0 Å². The predicted molar refractivity (Wildman–Crippen MR) is 47.6 cm³/mol. The highest BCUT2D eigenvalue weighted by atomic mass is 19.3. The average Bonchev–Trinajstić information content (AvgIpc) is 1.93. The Morgan fingerprint density at radius 1 is 1.21 bits per heavy atom. The van der Waals surface area contributed by atoms with Crippen LogP contribution in [0.1, 0.15) is 26.7 Å². The average molecular weight is 213 g/mol. The molecule has 0 aliphatic heterocycles. The van der Waals surface area contributed by atoms with Crippen molar-refractivity contribution < 1.29 is 17.6 Å². The van der Waals surface area contributed by atoms with Crippen molar-refractivity contribution in [2.24, 2.45) is 0 Å². The molecule has 1 N–H and O–H groups in total. The van der Waals surface area contributed by atoms with Gasteiger partial charge in [-0.2, -0.15) is 0 Å². The van der Waals surface area contributed by atoms with Crippen LogP contribution in [0.3, 0.4) is 0 Å². The quantitative estimate of drug-likeness (QED) is 0.668. The van der Waals surface area contributed by atoms with Crippen molar-refractivity contribution in [2.45, 2.75) is 38.5 Å². The Balaban J connectivity index is 3.89. The van der Waals surface area contributed by atoms with Crippen molar-refractivity contribution in [3.8, 4) is 0 Å². The zero-order chi connectivity index (χ0) is 11.2. The lowest BCUT2D eigenvalue weighted by atomic mass is 10.1. The Labute approximate surface area is 81.2 Å². The van der Waals surface area contributed by atoms with Gasteiger partial charge in [0, 0.05) is 0 Å². The maximum Gasteiger partial charge on any atom is 0.270 e. The summed E-state index contributed by atoms with van der Waals surface area (Å²) in [4.78, 5) is 0. The zero-order valence-electron chi connectivity index (χ0n) is 8.29. The van der Waals surface area contributed by atoms with Gasteiger partial charge < -0.3 is 5.32 Å². The lowest BCUT2D eigenvalue weighted by Gasteiger charge is -2.20. The normalized spacial score (nSPS) is 13.6. The van der Waals surface area contributed by atoms with E-state index in [-0.39, 0.29) is 0 Å². The lowest BCUT2D eigenvalue weighted by molar-refractivity contribution is -0.0972. The van der Waals surface area contributed by atoms with Gasteiger partial charge in [0.25, 0.3) is 11.8 Å². The highest BCUT2D eigenvalue weighted by molar-refractivity contribution is 4.83. The van der Waals surface area contributed by atoms with E-state index in [0.717, 1.165) is 0 Å². The van der Waals surface area contributed by atoms with E-state index in [1.807, 2.05) is 6.92 Å². The molecule has 14 heavy (non-hydrogen) atoms. The van der Waals surface area contributed by atoms with Crippen LogP contribution >= 0.6 is 0 Å². The van der Waals surface area contributed by atoms with Crippen molar-refractivity contribution in [3.05, 3.63) is 12.3 Å². The van der Waals surface area contributed by atoms with Gasteiger partial charge in [-0.3, -0.25) is 0 Å². The number of alkyl halides is 4. The van der Waals surface area contributed by atoms with Crippen LogP contribution in [-0.2, 0) is 0 Å². The lowest BCUT2D eigenvalue weighted by Crippen LogP contribution is -2.35. The molecule has 0 aromatic rings. The highest BCUT2D eigenvalue weighted by Crippen LogP contribution is 2.29. The molecule has 0 aliphatic rings. The van der Waals surface area contributed by atoms with Crippen LogP contribution in [0.2, 0.25) is 0 Å². The molecule has 0 radical (unpaired) electrons. The fraction of sp³-hybridized carbons (Fsp3) is 0.778. The molecule has 0 aliphatic carbocycles. The van der Waals surface area contributed by atoms with Gasteiger partial charge in [-0.1, -0.05) is 13.0 Å². The standard InChI is InChI=1S/C9H15F4N/c1-3-4-5-14-7-9(12,13)6-8(2,10)11/h4-5,14H,3,6-7H2,1-2H3/b5-4-. The molecule has 0 amide bonds. The van der Waals surface area contributed by atoms with Crippen LogP contribution in [0.15, 0.2) is 12.3 Å². The molecule has 1 nitrogen and oxygen atoms in total. The number of halogens is 4. The summed E-state index contributed by atoms with van der Waals surface area (Å²) < 4.78 is 50.1. The van der Waals surface area contributed by atoms with E-state index in [9.17, 15) is 17.6 Å². The van der Waals surface area contributed by atoms with Gasteiger partial charge in [-0.05, 0) is 19.5 Å². The first kappa shape index (κ1) is 13.3. The third kappa shape index (κ3) is 7.89. The minimum Gasteiger partial charge on any atom is -0.385 e. The SMILES string of the molecule is CC/C=C\NCC(F)(F)CC(C)(F)F. The van der Waals surface area contributed by atoms with Gasteiger partial charge in [-0.25, -0.2) is 17.6 Å². The van der Waals surface area contributed by atoms with Gasteiger partial charge in [0.15, 0.2) is 0 Å². The Morgan fingerprint density at radius 2 is 1.79 bits per heavy atom. The van der Waals surface area contributed by atoms with Crippen molar-refractivity contribution in [2.75, 3.05) is 6.54 Å². The Kier molecular flexibility index (Phi) is 4.94. The van der Waals surface area contributed by atoms with E-state index in [4.69, 9.17) is 0 Å². The summed E-state index contributed by atoms with van der Waals surface area (Å²) in [7, 11) is 0. The summed E-state index contributed by atoms with van der Waals surface area (Å²) >= 11 is 0. The summed E-state index contributed by atoms with van der Waals surface area (Å²) in [5, 5.41) is 2.29. The number of hydrogen-bond acceptors (Lipinski definition) is 1. The van der Waals surface area contributed by atoms with Crippen molar-refractivity contribution in [1.29, 1.82) is 0 Å². The number of nitrogens with one attached hydrogen (secondary N) is 1. The van der Waals surface area contributed by atoms with Crippen molar-refractivity contribution in [1.82, 2.24) is 5.32 Å². The van der Waals surface area contributed by atoms with E-state index in [2.05, 4.69) is 5.32 Å². The highest BCUT2D eigenvalue weighted by Gasteiger charge is 2.39. The summed E-state index contributed by atoms with van der Waals surface area (Å²) in [6.07, 6.45) is 2.28. The third-order valence-electron chi connectivity index (χ3n) is 1.40. The summed E-state index contributed by atoms with van der Waals surface area (Å²) in [5.41, 5.74) is 0. The van der Waals surface area contributed by atoms with Crippen LogP contribution in [0, 0.1) is 0 Å². The van der Waals surface area contributed by atoms with E-state index in [1.54, 1.807) is 6.08 Å². The van der Waals surface area contributed by atoms with Crippen LogP contribution in [0.4, 0.5) is 17.6 Å². The Hall–Kier alpha value is -0.740. The van der Waals surface area contributed by atoms with Crippen LogP contribution in [-0.4, -0.2) is 18.4 Å². The smallest absolute Gasteiger partial charge is 0.270 e. The maximum atomic E-state index is 12.8. The molecule has 0 spiro atoms. The molecule has 5 heteroatoms. The predicted octanol–water partition coefficient (Wildman–Crippen LogP) is 3.18. The first-order valence-corrected chi connectivity index (χ1v) is 4.41. The Morgan fingerprint density at radius 3 is 2.21 bits per heavy atom. The monoisotopic (exact) mass is 213 g/mol. The molecule has 0 saturated carbocycles. The molecule has 84 valence electrons. The molecule has 0 atom stereocenters. The minimum atomic E-state index is -3.38. The fourth-order valence-corrected chi connectivity index (χ4v) is 0.926. The van der Waals surface area contributed by atoms with Crippen LogP contribution < -0.4 is 5.32 Å². The molecule has 0 fully saturated rings. The first-order chi connectivity index (χ1) is 6.27. The molecular formula is C9H15F4N. The molecule has 0 unspecified atom stereocenters. The van der Waals surface area contributed by atoms with E-state index in [1.165, 1.54) is 6.20 Å². The topological polar surface area (TPSA) is 12.0 Å². The maximum absolute atomic E-state index is 12.8. The van der Waals surface area contributed by atoms with Gasteiger partial charge in [0.1, 0.15) is 0 Å². The second-order valence-corrected chi connectivity index (χ2v) is 3.29. The van der Waals surface area contributed by atoms with E-state index in [0.29, 0.717) is 13.3 Å². The van der Waals surface area contributed by atoms with Crippen molar-refractivity contribution in [3.63, 3.8) is 0 Å². The van der Waals surface area contributed by atoms with Gasteiger partial charge in [0.05, 0.1) is 13.0 Å². The number of rotatable bonds is 6. The summed E-state index contributed by atoms with van der Waals surface area (Å²) in [6, 6.07) is 0. The molecule has 0 aromatic heterocycles. The van der Waals surface area contributed by atoms with Crippen molar-refractivity contribution >= 4 is 0 Å². The third-order valence-corrected chi connectivity index (χ3v) is 1.40. The first-order valence-electron chi connectivity index (χ1n) is 4.41. The molecular weight excluding hydrogens is 198 g/mol. The summed E-state index contributed by atoms with van der Waals surface area (Å²) in [6.45, 7) is 1.58. The van der Waals surface area contributed by atoms with Crippen LogP contribution in [0.5, 0.6) is 0 Å². The zero-order valence-corrected chi connectivity index (χ0v) is 8.29. The van der Waals surface area contributed by atoms with Crippen LogP contribution in [0.25, 0.3) is 0 Å². The molecule has 0 bridgehead atoms. The summed E-state index contributed by atoms with van der Waals surface area (Å²) in [5.74, 6) is -6.71. The van der Waals surface area contributed by atoms with Gasteiger partial charge in [0.2, 0.25) is 0 Å². The molecule has 0 rings (SSSR count). The molecule has 0 heterocycles. The number of allylic oxidation sites excluding steroid dienone is 1. The fourth-order valence-electron chi connectivity index (χ4n) is 0.926. The second kappa shape index (κ2) is 5.22.